The van der Waals surface area contributed by atoms with E-state index < -0.39 is 0 Å². The molecule has 0 saturated carbocycles. The molecule has 0 N–H and O–H groups in total. The van der Waals surface area contributed by atoms with Crippen molar-refractivity contribution in [3.63, 3.8) is 0 Å². The molecule has 0 aliphatic heterocycles. The second kappa shape index (κ2) is 42.0. The van der Waals surface area contributed by atoms with E-state index in [0.717, 1.165) is 7.96 Å². The van der Waals surface area contributed by atoms with Crippen LogP contribution < -0.4 is 0 Å². The predicted octanol–water partition coefficient (Wildman–Crippen LogP) is 2.92. The van der Waals surface area contributed by atoms with Gasteiger partial charge in [-0.3, -0.25) is 0 Å². The molecule has 0 amide bonds. The Balaban J connectivity index is -0.0000000360. The first kappa shape index (κ1) is 16.1. The first-order valence-electron chi connectivity index (χ1n) is 1.91. The Morgan fingerprint density at radius 2 is 1.00 bits per heavy atom. The lowest BCUT2D eigenvalue weighted by atomic mass is 11.0. The van der Waals surface area contributed by atoms with E-state index in [1.54, 1.807) is 0 Å². The Bertz CT molecular complexity index is 6.04. The van der Waals surface area contributed by atoms with E-state index in [-0.39, 0.29) is 0 Å². The van der Waals surface area contributed by atoms with Gasteiger partial charge in [0.25, 0.3) is 0 Å². The Morgan fingerprint density at radius 3 is 1.00 bits per heavy atom. The van der Waals surface area contributed by atoms with Crippen molar-refractivity contribution < 1.29 is 0 Å². The molecule has 0 aliphatic rings. The van der Waals surface area contributed by atoms with Crippen molar-refractivity contribution in [3.05, 3.63) is 0 Å². The second-order valence-corrected chi connectivity index (χ2v) is 4.50. The maximum Gasteiger partial charge on any atom is -0.0683 e. The van der Waals surface area contributed by atoms with E-state index in [9.17, 15) is 0 Å². The fourth-order valence-electron chi connectivity index (χ4n) is 0. The van der Waals surface area contributed by atoms with E-state index in [0.29, 0.717) is 0 Å². The summed E-state index contributed by atoms with van der Waals surface area (Å²) in [6.07, 6.45) is 0. The molecule has 0 aromatic rings. The van der Waals surface area contributed by atoms with Crippen LogP contribution in [0, 0.1) is 0 Å². The summed E-state index contributed by atoms with van der Waals surface area (Å²) in [5.41, 5.74) is 0. The van der Waals surface area contributed by atoms with Gasteiger partial charge in [-0.1, -0.05) is 21.8 Å². The third-order valence-corrected chi connectivity index (χ3v) is 0. The standard InChI is InChI=1S/C2H6.H5P3.H4P2/c1-2;1-3-2;1-2/h1-2H3;3H,1-2H2;1-2H2. The van der Waals surface area contributed by atoms with Crippen molar-refractivity contribution in [1.82, 2.24) is 0 Å². The molecule has 0 bridgehead atoms. The molecule has 4 atom stereocenters. The number of hydrogen-bond donors (Lipinski definition) is 0. The van der Waals surface area contributed by atoms with Crippen LogP contribution in [0.5, 0.6) is 0 Å². The summed E-state index contributed by atoms with van der Waals surface area (Å²) in [5, 5.41) is 0. The van der Waals surface area contributed by atoms with Crippen LogP contribution in [0.2, 0.25) is 0 Å². The molecule has 0 saturated heterocycles. The predicted molar refractivity (Wildman–Crippen MR) is 58.5 cm³/mol. The van der Waals surface area contributed by atoms with Gasteiger partial charge in [0.1, 0.15) is 0 Å². The molecule has 0 fully saturated rings. The lowest BCUT2D eigenvalue weighted by Crippen LogP contribution is -0.856. The fraction of sp³-hybridized carbons (Fsp3) is 1.00. The van der Waals surface area contributed by atoms with Crippen LogP contribution >= 0.6 is 43.7 Å². The molecule has 0 nitrogen and oxygen atoms in total. The number of hydrogen-bond acceptors (Lipinski definition) is 0. The highest BCUT2D eigenvalue weighted by Crippen LogP contribution is 2.28. The van der Waals surface area contributed by atoms with Gasteiger partial charge >= 0.3 is 0 Å². The van der Waals surface area contributed by atoms with Crippen LogP contribution in [-0.2, 0) is 0 Å². The van der Waals surface area contributed by atoms with Gasteiger partial charge < -0.3 is 0 Å². The van der Waals surface area contributed by atoms with Crippen LogP contribution in [0.15, 0.2) is 0 Å². The Morgan fingerprint density at radius 1 is 1.00 bits per heavy atom. The minimum Gasteiger partial charge on any atom is -0.118 e. The van der Waals surface area contributed by atoms with Gasteiger partial charge in [0.2, 0.25) is 0 Å². The normalized spacial score (nSPS) is 4.29. The first-order chi connectivity index (χ1) is 3.41. The summed E-state index contributed by atoms with van der Waals surface area (Å²) in [6, 6.07) is 0. The molecular formula is C2H15P5. The molecule has 5 heteroatoms. The summed E-state index contributed by atoms with van der Waals surface area (Å²) in [4.78, 5) is 0. The molecule has 0 spiro atoms. The highest BCUT2D eigenvalue weighted by Gasteiger charge is 1.32. The van der Waals surface area contributed by atoms with Gasteiger partial charge in [0.15, 0.2) is 0 Å². The van der Waals surface area contributed by atoms with E-state index in [4.69, 9.17) is 0 Å². The topological polar surface area (TPSA) is 0 Å². The lowest BCUT2D eigenvalue weighted by Gasteiger charge is -1.51. The van der Waals surface area contributed by atoms with Crippen molar-refractivity contribution in [3.8, 4) is 0 Å². The Kier molecular flexibility index (Phi) is 96.4. The van der Waals surface area contributed by atoms with E-state index in [1.807, 2.05) is 13.8 Å². The van der Waals surface area contributed by atoms with E-state index >= 15 is 0 Å². The average molecular weight is 194 g/mol. The molecule has 4 unspecified atom stereocenters. The number of rotatable bonds is 0. The lowest BCUT2D eigenvalue weighted by molar-refractivity contribution is 1.50. The summed E-state index contributed by atoms with van der Waals surface area (Å²) in [7, 11) is 10.7. The van der Waals surface area contributed by atoms with E-state index in [1.165, 1.54) is 0 Å². The van der Waals surface area contributed by atoms with Gasteiger partial charge in [-0.15, -0.1) is 35.7 Å². The molecule has 0 aliphatic carbocycles. The summed E-state index contributed by atoms with van der Waals surface area (Å²) in [5.74, 6) is 0. The molecule has 7 heavy (non-hydrogen) atoms. The average Bonchev–Trinajstić information content (AvgIpc) is 1.78. The van der Waals surface area contributed by atoms with Gasteiger partial charge in [-0.2, -0.15) is 0 Å². The SMILES string of the molecule is CC.PP.PPP. The zero-order chi connectivity index (χ0) is 6.71. The molecule has 0 radical (unpaired) electrons. The maximum atomic E-state index is 2.57. The van der Waals surface area contributed by atoms with Crippen molar-refractivity contribution in [2.24, 2.45) is 0 Å². The smallest absolute Gasteiger partial charge is 0.0683 e. The van der Waals surface area contributed by atoms with Crippen molar-refractivity contribution in [2.45, 2.75) is 13.8 Å². The molecule has 0 rings (SSSR count). The Hall–Kier alpha value is 2.15. The highest BCUT2D eigenvalue weighted by molar-refractivity contribution is 8.33. The van der Waals surface area contributed by atoms with Crippen LogP contribution in [0.4, 0.5) is 0 Å². The largest absolute Gasteiger partial charge is 0.118 e. The summed E-state index contributed by atoms with van der Waals surface area (Å²) >= 11 is 0. The molecular weight excluding hydrogens is 179 g/mol. The van der Waals surface area contributed by atoms with Crippen LogP contribution in [-0.4, -0.2) is 0 Å². The molecule has 0 heterocycles. The third kappa shape index (κ3) is 66.7. The highest BCUT2D eigenvalue weighted by atomic mass is 32.4. The van der Waals surface area contributed by atoms with Crippen molar-refractivity contribution in [2.75, 3.05) is 0 Å². The fourth-order valence-corrected chi connectivity index (χ4v) is 0. The zero-order valence-electron chi connectivity index (χ0n) is 4.81. The maximum absolute atomic E-state index is 2.57. The molecule has 48 valence electrons. The molecule has 0 aromatic heterocycles. The first-order valence-corrected chi connectivity index (χ1v) is 9.20. The van der Waals surface area contributed by atoms with E-state index in [2.05, 4.69) is 35.7 Å². The molecule has 0 aromatic carbocycles. The van der Waals surface area contributed by atoms with Crippen LogP contribution in [0.3, 0.4) is 0 Å². The quantitative estimate of drug-likeness (QED) is 0.520. The van der Waals surface area contributed by atoms with Gasteiger partial charge in [0, 0.05) is 0 Å². The van der Waals surface area contributed by atoms with Crippen molar-refractivity contribution in [1.29, 1.82) is 0 Å². The van der Waals surface area contributed by atoms with Gasteiger partial charge in [0.05, 0.1) is 0 Å². The minimum atomic E-state index is 0.917. The third-order valence-electron chi connectivity index (χ3n) is 0. The van der Waals surface area contributed by atoms with Crippen LogP contribution in [0.25, 0.3) is 0 Å². The summed E-state index contributed by atoms with van der Waals surface area (Å²) in [6.45, 7) is 4.00. The Labute approximate surface area is 58.0 Å². The minimum absolute atomic E-state index is 0.917. The summed E-state index contributed by atoms with van der Waals surface area (Å²) < 4.78 is 0. The van der Waals surface area contributed by atoms with Crippen molar-refractivity contribution >= 4 is 43.7 Å². The van der Waals surface area contributed by atoms with Crippen LogP contribution in [0.1, 0.15) is 13.8 Å². The van der Waals surface area contributed by atoms with Gasteiger partial charge in [-0.05, 0) is 0 Å². The monoisotopic (exact) mass is 194 g/mol. The zero-order valence-corrected chi connectivity index (χ0v) is 10.4. The van der Waals surface area contributed by atoms with Gasteiger partial charge in [-0.25, -0.2) is 0 Å². The second-order valence-electron chi connectivity index (χ2n) is 0.167.